The fraction of sp³-hybridized carbons (Fsp3) is 0.367. The van der Waals surface area contributed by atoms with Crippen molar-refractivity contribution in [2.75, 3.05) is 80.4 Å². The lowest BCUT2D eigenvalue weighted by atomic mass is 10.0. The number of hydrogen-bond donors (Lipinski definition) is 3. The largest absolute Gasteiger partial charge is 0.416 e. The molecule has 43 heavy (non-hydrogen) atoms. The van der Waals surface area contributed by atoms with Crippen LogP contribution in [0.5, 0.6) is 0 Å². The van der Waals surface area contributed by atoms with E-state index in [0.29, 0.717) is 49.2 Å². The van der Waals surface area contributed by atoms with Crippen molar-refractivity contribution in [3.63, 3.8) is 0 Å². The van der Waals surface area contributed by atoms with Crippen molar-refractivity contribution in [1.82, 2.24) is 19.8 Å². The summed E-state index contributed by atoms with van der Waals surface area (Å²) in [4.78, 5) is 27.1. The number of likely N-dealkylation sites (N-methyl/N-ethyl adjacent to an activating group) is 1. The van der Waals surface area contributed by atoms with Crippen LogP contribution >= 0.6 is 0 Å². The SMILES string of the molecule is C=CC(=O)Nc1cccc(Nc2nc(Nc3ccc(CN4CCN(C)CC4)c(C(F)(F)F)c3)ncc2N2CCOCC2)c1. The van der Waals surface area contributed by atoms with Crippen LogP contribution in [0.3, 0.4) is 0 Å². The summed E-state index contributed by atoms with van der Waals surface area (Å²) in [5.41, 5.74) is 1.71. The summed E-state index contributed by atoms with van der Waals surface area (Å²) >= 11 is 0. The third-order valence-electron chi connectivity index (χ3n) is 7.36. The molecule has 3 N–H and O–H groups in total. The van der Waals surface area contributed by atoms with Crippen LogP contribution in [0.1, 0.15) is 11.1 Å². The van der Waals surface area contributed by atoms with Crippen LogP contribution in [0.25, 0.3) is 0 Å². The van der Waals surface area contributed by atoms with Gasteiger partial charge in [0.2, 0.25) is 11.9 Å². The van der Waals surface area contributed by atoms with Gasteiger partial charge in [-0.3, -0.25) is 9.69 Å². The summed E-state index contributed by atoms with van der Waals surface area (Å²) in [6, 6.07) is 11.3. The van der Waals surface area contributed by atoms with E-state index in [9.17, 15) is 18.0 Å². The fourth-order valence-corrected chi connectivity index (χ4v) is 5.00. The zero-order valence-electron chi connectivity index (χ0n) is 24.0. The van der Waals surface area contributed by atoms with Crippen LogP contribution in [0.4, 0.5) is 47.7 Å². The smallest absolute Gasteiger partial charge is 0.378 e. The first-order valence-corrected chi connectivity index (χ1v) is 14.1. The van der Waals surface area contributed by atoms with Crippen LogP contribution < -0.4 is 20.9 Å². The number of anilines is 6. The Bertz CT molecular complexity index is 1440. The first kappa shape index (κ1) is 30.3. The molecule has 0 unspecified atom stereocenters. The summed E-state index contributed by atoms with van der Waals surface area (Å²) < 4.78 is 47.9. The lowest BCUT2D eigenvalue weighted by Crippen LogP contribution is -2.44. The maximum Gasteiger partial charge on any atom is 0.416 e. The maximum absolute atomic E-state index is 14.1. The second-order valence-electron chi connectivity index (χ2n) is 10.5. The van der Waals surface area contributed by atoms with Gasteiger partial charge in [0.15, 0.2) is 5.82 Å². The standard InChI is InChI=1S/C30H35F3N8O2/c1-3-27(42)35-22-5-4-6-23(17-22)36-28-26(41-13-15-43-16-14-41)19-34-29(38-28)37-24-8-7-21(25(18-24)30(31,32)33)20-40-11-9-39(2)10-12-40/h3-8,17-19H,1,9-16,20H2,2H3,(H,35,42)(H2,34,36,37,38). The van der Waals surface area contributed by atoms with Gasteiger partial charge >= 0.3 is 6.18 Å². The van der Waals surface area contributed by atoms with Gasteiger partial charge in [0.1, 0.15) is 0 Å². The van der Waals surface area contributed by atoms with Gasteiger partial charge < -0.3 is 30.5 Å². The molecule has 13 heteroatoms. The molecule has 2 aliphatic heterocycles. The van der Waals surface area contributed by atoms with Gasteiger partial charge in [-0.1, -0.05) is 18.7 Å². The van der Waals surface area contributed by atoms with Crippen molar-refractivity contribution in [3.8, 4) is 0 Å². The molecule has 0 atom stereocenters. The number of piperazine rings is 1. The summed E-state index contributed by atoms with van der Waals surface area (Å²) in [7, 11) is 2.01. The van der Waals surface area contributed by atoms with Crippen LogP contribution in [-0.2, 0) is 22.3 Å². The number of benzene rings is 2. The molecule has 3 aromatic rings. The van der Waals surface area contributed by atoms with Crippen molar-refractivity contribution in [2.45, 2.75) is 12.7 Å². The van der Waals surface area contributed by atoms with Gasteiger partial charge in [0, 0.05) is 62.9 Å². The lowest BCUT2D eigenvalue weighted by molar-refractivity contribution is -0.138. The molecule has 5 rings (SSSR count). The molecule has 0 bridgehead atoms. The molecular formula is C30H35F3N8O2. The van der Waals surface area contributed by atoms with Gasteiger partial charge in [0.05, 0.1) is 30.7 Å². The van der Waals surface area contributed by atoms with E-state index in [0.717, 1.165) is 32.2 Å². The number of aromatic nitrogens is 2. The highest BCUT2D eigenvalue weighted by atomic mass is 19.4. The molecule has 0 aliphatic carbocycles. The minimum atomic E-state index is -4.51. The number of nitrogens with zero attached hydrogens (tertiary/aromatic N) is 5. The Morgan fingerprint density at radius 1 is 1.00 bits per heavy atom. The quantitative estimate of drug-likeness (QED) is 0.304. The Morgan fingerprint density at radius 3 is 2.44 bits per heavy atom. The first-order chi connectivity index (χ1) is 20.7. The predicted molar refractivity (Wildman–Crippen MR) is 161 cm³/mol. The third-order valence-corrected chi connectivity index (χ3v) is 7.36. The number of ether oxygens (including phenoxy) is 1. The number of morpholine rings is 1. The van der Waals surface area contributed by atoms with Crippen molar-refractivity contribution in [2.24, 2.45) is 0 Å². The van der Waals surface area contributed by atoms with E-state index < -0.39 is 11.7 Å². The molecule has 10 nitrogen and oxygen atoms in total. The summed E-state index contributed by atoms with van der Waals surface area (Å²) in [6.45, 7) is 9.13. The first-order valence-electron chi connectivity index (χ1n) is 14.1. The second kappa shape index (κ2) is 13.4. The molecule has 1 aromatic heterocycles. The van der Waals surface area contributed by atoms with Gasteiger partial charge in [-0.05, 0) is 49.0 Å². The van der Waals surface area contributed by atoms with Crippen LogP contribution in [0, 0.1) is 0 Å². The van der Waals surface area contributed by atoms with Gasteiger partial charge in [0.25, 0.3) is 0 Å². The van der Waals surface area contributed by atoms with Gasteiger partial charge in [-0.25, -0.2) is 4.98 Å². The normalized spacial score (nSPS) is 16.5. The van der Waals surface area contributed by atoms with E-state index >= 15 is 0 Å². The van der Waals surface area contributed by atoms with E-state index in [1.165, 1.54) is 12.1 Å². The highest BCUT2D eigenvalue weighted by molar-refractivity contribution is 5.99. The maximum atomic E-state index is 14.1. The molecule has 2 fully saturated rings. The number of alkyl halides is 3. The molecule has 0 spiro atoms. The summed E-state index contributed by atoms with van der Waals surface area (Å²) in [6.07, 6.45) is -1.69. The average Bonchev–Trinajstić information content (AvgIpc) is 2.99. The molecule has 2 saturated heterocycles. The number of carbonyl (C=O) groups excluding carboxylic acids is 1. The zero-order valence-corrected chi connectivity index (χ0v) is 24.0. The highest BCUT2D eigenvalue weighted by Crippen LogP contribution is 2.36. The minimum absolute atomic E-state index is 0.135. The molecule has 1 amide bonds. The zero-order chi connectivity index (χ0) is 30.4. The van der Waals surface area contributed by atoms with Gasteiger partial charge in [-0.15, -0.1) is 0 Å². The van der Waals surface area contributed by atoms with E-state index in [1.807, 2.05) is 18.0 Å². The number of hydrogen-bond acceptors (Lipinski definition) is 9. The number of carbonyl (C=O) groups is 1. The molecule has 2 aromatic carbocycles. The van der Waals surface area contributed by atoms with Crippen LogP contribution in [0.2, 0.25) is 0 Å². The molecule has 0 saturated carbocycles. The number of rotatable bonds is 9. The molecule has 228 valence electrons. The number of amides is 1. The molecule has 0 radical (unpaired) electrons. The van der Waals surface area contributed by atoms with Gasteiger partial charge in [-0.2, -0.15) is 18.2 Å². The molecule has 2 aliphatic rings. The second-order valence-corrected chi connectivity index (χ2v) is 10.5. The van der Waals surface area contributed by atoms with E-state index in [2.05, 4.69) is 42.3 Å². The number of nitrogens with one attached hydrogen (secondary N) is 3. The minimum Gasteiger partial charge on any atom is -0.378 e. The predicted octanol–water partition coefficient (Wildman–Crippen LogP) is 4.69. The lowest BCUT2D eigenvalue weighted by Gasteiger charge is -2.33. The van der Waals surface area contributed by atoms with Crippen molar-refractivity contribution in [3.05, 3.63) is 72.4 Å². The Kier molecular flexibility index (Phi) is 9.43. The average molecular weight is 597 g/mol. The van der Waals surface area contributed by atoms with Crippen molar-refractivity contribution >= 4 is 40.4 Å². The topological polar surface area (TPSA) is 97.9 Å². The van der Waals surface area contributed by atoms with E-state index in [1.54, 1.807) is 30.5 Å². The van der Waals surface area contributed by atoms with Crippen molar-refractivity contribution in [1.29, 1.82) is 0 Å². The summed E-state index contributed by atoms with van der Waals surface area (Å²) in [5, 5.41) is 8.97. The van der Waals surface area contributed by atoms with Crippen LogP contribution in [0.15, 0.2) is 61.3 Å². The Morgan fingerprint density at radius 2 is 1.72 bits per heavy atom. The molecular weight excluding hydrogens is 561 g/mol. The van der Waals surface area contributed by atoms with Crippen molar-refractivity contribution < 1.29 is 22.7 Å². The third kappa shape index (κ3) is 8.00. The van der Waals surface area contributed by atoms with E-state index in [4.69, 9.17) is 4.74 Å². The summed E-state index contributed by atoms with van der Waals surface area (Å²) in [5.74, 6) is 0.248. The highest BCUT2D eigenvalue weighted by Gasteiger charge is 2.34. The van der Waals surface area contributed by atoms with E-state index in [-0.39, 0.29) is 29.7 Å². The Balaban J connectivity index is 1.40. The van der Waals surface area contributed by atoms with Crippen LogP contribution in [-0.4, -0.2) is 85.2 Å². The Labute approximate surface area is 248 Å². The number of halogens is 3. The monoisotopic (exact) mass is 596 g/mol. The fourth-order valence-electron chi connectivity index (χ4n) is 5.00. The molecule has 3 heterocycles. The Hall–Kier alpha value is -4.20.